The van der Waals surface area contributed by atoms with Gasteiger partial charge in [0, 0.05) is 30.6 Å². The number of nitrogens with zero attached hydrogens (tertiary/aromatic N) is 1. The molecule has 1 aromatic rings. The summed E-state index contributed by atoms with van der Waals surface area (Å²) >= 11 is 0. The molecule has 108 valence electrons. The van der Waals surface area contributed by atoms with Crippen LogP contribution >= 0.6 is 0 Å². The summed E-state index contributed by atoms with van der Waals surface area (Å²) in [6.45, 7) is 3.86. The first-order valence-corrected chi connectivity index (χ1v) is 7.29. The highest BCUT2D eigenvalue weighted by atomic mass is 16.3. The van der Waals surface area contributed by atoms with Gasteiger partial charge in [-0.2, -0.15) is 0 Å². The van der Waals surface area contributed by atoms with Crippen LogP contribution in [0.4, 0.5) is 0 Å². The highest BCUT2D eigenvalue weighted by Crippen LogP contribution is 2.52. The number of rotatable bonds is 5. The third-order valence-electron chi connectivity index (χ3n) is 5.00. The molecule has 2 saturated heterocycles. The number of carbonyl (C=O) groups is 1. The zero-order chi connectivity index (χ0) is 14.3. The van der Waals surface area contributed by atoms with E-state index in [-0.39, 0.29) is 0 Å². The predicted octanol–water partition coefficient (Wildman–Crippen LogP) is 1.21. The maximum atomic E-state index is 10.7. The Morgan fingerprint density at radius 2 is 2.20 bits per heavy atom. The van der Waals surface area contributed by atoms with Gasteiger partial charge in [0.15, 0.2) is 0 Å². The van der Waals surface area contributed by atoms with Crippen LogP contribution in [-0.4, -0.2) is 48.2 Å². The van der Waals surface area contributed by atoms with Gasteiger partial charge in [0.05, 0.1) is 0 Å². The van der Waals surface area contributed by atoms with Crippen molar-refractivity contribution in [2.75, 3.05) is 20.1 Å². The molecule has 4 heteroatoms. The maximum absolute atomic E-state index is 10.7. The van der Waals surface area contributed by atoms with Crippen LogP contribution in [-0.2, 0) is 0 Å². The Morgan fingerprint density at radius 1 is 1.50 bits per heavy atom. The van der Waals surface area contributed by atoms with E-state index in [0.717, 1.165) is 25.8 Å². The van der Waals surface area contributed by atoms with Crippen molar-refractivity contribution in [3.63, 3.8) is 0 Å². The quantitative estimate of drug-likeness (QED) is 0.626. The average Bonchev–Trinajstić information content (AvgIpc) is 3.08. The van der Waals surface area contributed by atoms with Gasteiger partial charge in [-0.05, 0) is 24.9 Å². The monoisotopic (exact) mass is 274 g/mol. The van der Waals surface area contributed by atoms with Gasteiger partial charge in [-0.25, -0.2) is 0 Å². The van der Waals surface area contributed by atoms with Gasteiger partial charge in [-0.1, -0.05) is 31.2 Å². The normalized spacial score (nSPS) is 36.5. The number of fused-ring (bicyclic) bond motifs is 1. The Labute approximate surface area is 119 Å². The van der Waals surface area contributed by atoms with Crippen LogP contribution in [0.3, 0.4) is 0 Å². The molecule has 1 aromatic carbocycles. The highest BCUT2D eigenvalue weighted by molar-refractivity contribution is 5.74. The minimum absolute atomic E-state index is 0.314. The predicted molar refractivity (Wildman–Crippen MR) is 77.7 cm³/mol. The first kappa shape index (κ1) is 13.7. The number of hydrogen-bond donors (Lipinski definition) is 2. The molecule has 2 heterocycles. The van der Waals surface area contributed by atoms with Crippen LogP contribution in [0.5, 0.6) is 0 Å². The van der Waals surface area contributed by atoms with E-state index >= 15 is 0 Å². The van der Waals surface area contributed by atoms with Crippen LogP contribution < -0.4 is 5.32 Å². The largest absolute Gasteiger partial charge is 0.374 e. The van der Waals surface area contributed by atoms with E-state index in [0.29, 0.717) is 23.4 Å². The smallest absolute Gasteiger partial charge is 0.150 e. The molecule has 2 fully saturated rings. The summed E-state index contributed by atoms with van der Waals surface area (Å²) in [7, 11) is 1.94. The Morgan fingerprint density at radius 3 is 2.80 bits per heavy atom. The molecule has 0 radical (unpaired) electrons. The Balaban J connectivity index is 1.75. The second-order valence-electron chi connectivity index (χ2n) is 6.14. The average molecular weight is 274 g/mol. The van der Waals surface area contributed by atoms with Gasteiger partial charge in [0.25, 0.3) is 0 Å². The first-order chi connectivity index (χ1) is 9.60. The number of nitrogens with one attached hydrogen (secondary N) is 1. The van der Waals surface area contributed by atoms with Crippen LogP contribution in [0.2, 0.25) is 0 Å². The van der Waals surface area contributed by atoms with Crippen LogP contribution in [0.25, 0.3) is 0 Å². The molecule has 2 N–H and O–H groups in total. The van der Waals surface area contributed by atoms with Crippen LogP contribution in [0.15, 0.2) is 24.3 Å². The third-order valence-corrected chi connectivity index (χ3v) is 5.00. The Bertz CT molecular complexity index is 502. The van der Waals surface area contributed by atoms with Gasteiger partial charge in [-0.3, -0.25) is 9.69 Å². The fourth-order valence-electron chi connectivity index (χ4n) is 3.66. The lowest BCUT2D eigenvalue weighted by molar-refractivity contribution is 0.0625. The molecule has 5 atom stereocenters. The van der Waals surface area contributed by atoms with Gasteiger partial charge in [0.2, 0.25) is 0 Å². The minimum Gasteiger partial charge on any atom is -0.374 e. The molecule has 1 unspecified atom stereocenters. The van der Waals surface area contributed by atoms with Gasteiger partial charge in [-0.15, -0.1) is 0 Å². The summed E-state index contributed by atoms with van der Waals surface area (Å²) in [6.07, 6.45) is 1.89. The van der Waals surface area contributed by atoms with Gasteiger partial charge < -0.3 is 10.4 Å². The third kappa shape index (κ3) is 2.08. The molecule has 0 aliphatic carbocycles. The molecule has 0 spiro atoms. The first-order valence-electron chi connectivity index (χ1n) is 7.29. The second-order valence-corrected chi connectivity index (χ2v) is 6.14. The van der Waals surface area contributed by atoms with Crippen molar-refractivity contribution in [2.45, 2.75) is 31.0 Å². The van der Waals surface area contributed by atoms with Crippen molar-refractivity contribution in [3.05, 3.63) is 35.4 Å². The molecule has 3 rings (SSSR count). The highest BCUT2D eigenvalue weighted by Gasteiger charge is 2.65. The Kier molecular flexibility index (Phi) is 3.40. The minimum atomic E-state index is -0.579. The van der Waals surface area contributed by atoms with E-state index in [4.69, 9.17) is 0 Å². The summed E-state index contributed by atoms with van der Waals surface area (Å²) in [4.78, 5) is 12.9. The summed E-state index contributed by atoms with van der Waals surface area (Å²) in [5, 5.41) is 13.7. The van der Waals surface area contributed by atoms with Gasteiger partial charge >= 0.3 is 0 Å². The molecule has 4 nitrogen and oxygen atoms in total. The van der Waals surface area contributed by atoms with E-state index in [1.807, 2.05) is 31.3 Å². The summed E-state index contributed by atoms with van der Waals surface area (Å²) in [5.41, 5.74) is 1.37. The number of aldehydes is 1. The van der Waals surface area contributed by atoms with Crippen LogP contribution in [0, 0.1) is 5.92 Å². The van der Waals surface area contributed by atoms with E-state index in [2.05, 4.69) is 17.1 Å². The second kappa shape index (κ2) is 4.95. The molecule has 2 aliphatic rings. The summed E-state index contributed by atoms with van der Waals surface area (Å²) in [6, 6.07) is 8.19. The van der Waals surface area contributed by atoms with Crippen molar-refractivity contribution < 1.29 is 9.90 Å². The summed E-state index contributed by atoms with van der Waals surface area (Å²) in [5.74, 6) is 0.681. The number of benzene rings is 1. The van der Waals surface area contributed by atoms with E-state index < -0.39 is 5.72 Å². The zero-order valence-corrected chi connectivity index (χ0v) is 12.0. The van der Waals surface area contributed by atoms with Gasteiger partial charge in [0.1, 0.15) is 12.0 Å². The fraction of sp³-hybridized carbons (Fsp3) is 0.562. The number of hydrogen-bond acceptors (Lipinski definition) is 4. The van der Waals surface area contributed by atoms with Crippen molar-refractivity contribution in [2.24, 2.45) is 5.92 Å². The maximum Gasteiger partial charge on any atom is 0.150 e. The fourth-order valence-corrected chi connectivity index (χ4v) is 3.66. The number of carbonyl (C=O) groups excluding carboxylic acids is 1. The molecule has 0 bridgehead atoms. The molecule has 0 saturated carbocycles. The molecular weight excluding hydrogens is 252 g/mol. The zero-order valence-electron chi connectivity index (χ0n) is 12.0. The Hall–Kier alpha value is -1.23. The van der Waals surface area contributed by atoms with Crippen molar-refractivity contribution in [1.29, 1.82) is 0 Å². The number of aliphatic hydroxyl groups is 1. The molecular formula is C16H22N2O2. The van der Waals surface area contributed by atoms with E-state index in [9.17, 15) is 9.90 Å². The standard InChI is InChI=1S/C16H22N2O2/c1-11(13-5-3-12(9-19)4-6-13)15-7-14(8-17-2)16(20)10-18(15)16/h3-6,9,11,14-15,17,20H,7-8,10H2,1-2H3/t11-,14+,15-,16+,18?/m1/s1. The van der Waals surface area contributed by atoms with Crippen molar-refractivity contribution in [3.8, 4) is 0 Å². The molecule has 0 aromatic heterocycles. The topological polar surface area (TPSA) is 52.3 Å². The van der Waals surface area contributed by atoms with Crippen LogP contribution in [0.1, 0.15) is 35.2 Å². The van der Waals surface area contributed by atoms with E-state index in [1.54, 1.807) is 0 Å². The van der Waals surface area contributed by atoms with E-state index in [1.165, 1.54) is 5.56 Å². The number of piperidine rings is 1. The lowest BCUT2D eigenvalue weighted by atomic mass is 9.87. The summed E-state index contributed by atoms with van der Waals surface area (Å²) < 4.78 is 0. The van der Waals surface area contributed by atoms with Crippen molar-refractivity contribution in [1.82, 2.24) is 10.2 Å². The molecule has 2 aliphatic heterocycles. The molecule has 20 heavy (non-hydrogen) atoms. The lowest BCUT2D eigenvalue weighted by Crippen LogP contribution is -2.30. The molecule has 0 amide bonds. The SMILES string of the molecule is CNC[C@@H]1C[C@H]([C@H](C)c2ccc(C=O)cc2)N2C[C@]12O. The lowest BCUT2D eigenvalue weighted by Gasteiger charge is -2.23. The van der Waals surface area contributed by atoms with Crippen molar-refractivity contribution >= 4 is 6.29 Å².